The minimum atomic E-state index is -0.414. The third-order valence-corrected chi connectivity index (χ3v) is 4.91. The Morgan fingerprint density at radius 3 is 2.29 bits per heavy atom. The molecule has 1 heterocycles. The average molecular weight is 330 g/mol. The Morgan fingerprint density at radius 1 is 0.917 bits per heavy atom. The van der Waals surface area contributed by atoms with Crippen LogP contribution in [0.5, 0.6) is 0 Å². The number of benzene rings is 1. The van der Waals surface area contributed by atoms with E-state index in [1.165, 1.54) is 11.4 Å². The number of hydrazine groups is 1. The lowest BCUT2D eigenvalue weighted by Gasteiger charge is -2.39. The Labute approximate surface area is 143 Å². The maximum absolute atomic E-state index is 12.8. The molecule has 0 bridgehead atoms. The van der Waals surface area contributed by atoms with Crippen molar-refractivity contribution in [2.45, 2.75) is 51.6 Å². The van der Waals surface area contributed by atoms with Crippen molar-refractivity contribution in [1.82, 2.24) is 10.0 Å². The molecule has 2 fully saturated rings. The highest BCUT2D eigenvalue weighted by Crippen LogP contribution is 2.27. The van der Waals surface area contributed by atoms with E-state index in [0.717, 1.165) is 44.1 Å². The molecule has 0 aromatic heterocycles. The summed E-state index contributed by atoms with van der Waals surface area (Å²) in [6, 6.07) is 9.62. The van der Waals surface area contributed by atoms with Gasteiger partial charge in [0.1, 0.15) is 6.61 Å². The van der Waals surface area contributed by atoms with Crippen molar-refractivity contribution in [2.75, 3.05) is 13.1 Å². The van der Waals surface area contributed by atoms with Gasteiger partial charge in [0.2, 0.25) is 5.91 Å². The van der Waals surface area contributed by atoms with Crippen LogP contribution in [0.3, 0.4) is 0 Å². The van der Waals surface area contributed by atoms with Crippen LogP contribution in [0.25, 0.3) is 0 Å². The van der Waals surface area contributed by atoms with E-state index in [1.54, 1.807) is 5.01 Å². The zero-order valence-corrected chi connectivity index (χ0v) is 14.2. The number of carbonyl (C=O) groups is 2. The van der Waals surface area contributed by atoms with Crippen LogP contribution >= 0.6 is 0 Å². The summed E-state index contributed by atoms with van der Waals surface area (Å²) in [5.74, 6) is 0.173. The zero-order chi connectivity index (χ0) is 16.8. The lowest BCUT2D eigenvalue weighted by atomic mass is 9.88. The van der Waals surface area contributed by atoms with Crippen LogP contribution in [-0.2, 0) is 16.1 Å². The second-order valence-corrected chi connectivity index (χ2v) is 6.67. The Bertz CT molecular complexity index is 555. The van der Waals surface area contributed by atoms with Crippen molar-refractivity contribution in [1.29, 1.82) is 0 Å². The van der Waals surface area contributed by atoms with Gasteiger partial charge in [0.25, 0.3) is 0 Å². The van der Waals surface area contributed by atoms with E-state index in [9.17, 15) is 9.59 Å². The van der Waals surface area contributed by atoms with Gasteiger partial charge in [-0.15, -0.1) is 0 Å². The van der Waals surface area contributed by atoms with Gasteiger partial charge in [0, 0.05) is 19.0 Å². The number of nitrogens with zero attached hydrogens (tertiary/aromatic N) is 2. The predicted molar refractivity (Wildman–Crippen MR) is 90.9 cm³/mol. The van der Waals surface area contributed by atoms with Gasteiger partial charge >= 0.3 is 6.09 Å². The van der Waals surface area contributed by atoms with Crippen LogP contribution in [0.15, 0.2) is 30.3 Å². The molecule has 2 aliphatic rings. The molecule has 0 unspecified atom stereocenters. The third kappa shape index (κ3) is 4.08. The maximum atomic E-state index is 12.8. The van der Waals surface area contributed by atoms with Gasteiger partial charge in [-0.2, -0.15) is 0 Å². The fraction of sp³-hybridized carbons (Fsp3) is 0.579. The fourth-order valence-corrected chi connectivity index (χ4v) is 3.54. The minimum Gasteiger partial charge on any atom is -0.443 e. The van der Waals surface area contributed by atoms with Crippen LogP contribution in [0, 0.1) is 5.92 Å². The van der Waals surface area contributed by atoms with Crippen molar-refractivity contribution in [3.05, 3.63) is 35.9 Å². The molecule has 0 N–H and O–H groups in total. The van der Waals surface area contributed by atoms with Crippen LogP contribution in [0.2, 0.25) is 0 Å². The molecule has 24 heavy (non-hydrogen) atoms. The lowest BCUT2D eigenvalue weighted by molar-refractivity contribution is -0.155. The quantitative estimate of drug-likeness (QED) is 0.848. The van der Waals surface area contributed by atoms with E-state index in [-0.39, 0.29) is 18.4 Å². The van der Waals surface area contributed by atoms with Crippen LogP contribution in [0.1, 0.15) is 50.5 Å². The fourth-order valence-electron chi connectivity index (χ4n) is 3.54. The summed E-state index contributed by atoms with van der Waals surface area (Å²) >= 11 is 0. The summed E-state index contributed by atoms with van der Waals surface area (Å²) < 4.78 is 5.43. The Morgan fingerprint density at radius 2 is 1.58 bits per heavy atom. The zero-order valence-electron chi connectivity index (χ0n) is 14.2. The summed E-state index contributed by atoms with van der Waals surface area (Å²) in [5.41, 5.74) is 0.952. The van der Waals surface area contributed by atoms with E-state index in [0.29, 0.717) is 13.1 Å². The average Bonchev–Trinajstić information content (AvgIpc) is 2.67. The highest BCUT2D eigenvalue weighted by molar-refractivity contribution is 5.81. The molecule has 0 spiro atoms. The van der Waals surface area contributed by atoms with E-state index >= 15 is 0 Å². The molecular formula is C19H26N2O3. The molecule has 130 valence electrons. The number of hydrogen-bond donors (Lipinski definition) is 0. The van der Waals surface area contributed by atoms with Crippen molar-refractivity contribution in [2.24, 2.45) is 5.92 Å². The molecular weight excluding hydrogens is 304 g/mol. The summed E-state index contributed by atoms with van der Waals surface area (Å²) in [4.78, 5) is 25.3. The number of carbonyl (C=O) groups excluding carboxylic acids is 2. The first-order chi connectivity index (χ1) is 11.8. The molecule has 3 rings (SSSR count). The largest absolute Gasteiger partial charge is 0.443 e. The second kappa shape index (κ2) is 8.18. The van der Waals surface area contributed by atoms with E-state index in [2.05, 4.69) is 0 Å². The SMILES string of the molecule is O=C(OCc1ccccc1)N1CCCCN1C(=O)C1CCCCC1. The van der Waals surface area contributed by atoms with Crippen molar-refractivity contribution >= 4 is 12.0 Å². The van der Waals surface area contributed by atoms with Crippen LogP contribution in [0.4, 0.5) is 4.79 Å². The Kier molecular flexibility index (Phi) is 5.72. The van der Waals surface area contributed by atoms with Gasteiger partial charge in [0.15, 0.2) is 0 Å². The maximum Gasteiger partial charge on any atom is 0.429 e. The van der Waals surface area contributed by atoms with Gasteiger partial charge in [-0.25, -0.2) is 14.8 Å². The number of ether oxygens (including phenoxy) is 1. The van der Waals surface area contributed by atoms with Crippen molar-refractivity contribution < 1.29 is 14.3 Å². The molecule has 1 aromatic carbocycles. The number of rotatable bonds is 3. The van der Waals surface area contributed by atoms with Gasteiger partial charge < -0.3 is 4.74 Å². The summed E-state index contributed by atoms with van der Waals surface area (Å²) in [5, 5.41) is 3.16. The van der Waals surface area contributed by atoms with Crippen molar-refractivity contribution in [3.63, 3.8) is 0 Å². The normalized spacial score (nSPS) is 19.2. The Balaban J connectivity index is 1.60. The first-order valence-electron chi connectivity index (χ1n) is 9.05. The van der Waals surface area contributed by atoms with Crippen LogP contribution in [-0.4, -0.2) is 35.1 Å². The number of amides is 2. The van der Waals surface area contributed by atoms with Crippen molar-refractivity contribution in [3.8, 4) is 0 Å². The molecule has 0 atom stereocenters. The first kappa shape index (κ1) is 16.8. The Hall–Kier alpha value is -2.04. The molecule has 1 saturated heterocycles. The molecule has 1 aromatic rings. The highest BCUT2D eigenvalue weighted by Gasteiger charge is 2.34. The first-order valence-corrected chi connectivity index (χ1v) is 9.05. The van der Waals surface area contributed by atoms with Gasteiger partial charge in [-0.1, -0.05) is 49.6 Å². The standard InChI is InChI=1S/C19H26N2O3/c22-18(17-11-5-2-6-12-17)20-13-7-8-14-21(20)19(23)24-15-16-9-3-1-4-10-16/h1,3-4,9-10,17H,2,5-8,11-15H2. The van der Waals surface area contributed by atoms with Gasteiger partial charge in [0.05, 0.1) is 0 Å². The summed E-state index contributed by atoms with van der Waals surface area (Å²) in [6.07, 6.45) is 6.78. The van der Waals surface area contributed by atoms with E-state index < -0.39 is 6.09 Å². The lowest BCUT2D eigenvalue weighted by Crippen LogP contribution is -2.55. The highest BCUT2D eigenvalue weighted by atomic mass is 16.6. The molecule has 1 saturated carbocycles. The topological polar surface area (TPSA) is 49.9 Å². The van der Waals surface area contributed by atoms with Gasteiger partial charge in [-0.3, -0.25) is 4.79 Å². The summed E-state index contributed by atoms with van der Waals surface area (Å²) in [6.45, 7) is 1.42. The molecule has 2 amide bonds. The molecule has 1 aliphatic heterocycles. The molecule has 1 aliphatic carbocycles. The molecule has 5 heteroatoms. The summed E-state index contributed by atoms with van der Waals surface area (Å²) in [7, 11) is 0. The predicted octanol–water partition coefficient (Wildman–Crippen LogP) is 3.74. The van der Waals surface area contributed by atoms with E-state index in [1.807, 2.05) is 30.3 Å². The monoisotopic (exact) mass is 330 g/mol. The van der Waals surface area contributed by atoms with E-state index in [4.69, 9.17) is 4.74 Å². The van der Waals surface area contributed by atoms with Crippen LogP contribution < -0.4 is 0 Å². The number of hydrogen-bond acceptors (Lipinski definition) is 3. The molecule has 0 radical (unpaired) electrons. The minimum absolute atomic E-state index is 0.0706. The smallest absolute Gasteiger partial charge is 0.429 e. The van der Waals surface area contributed by atoms with Gasteiger partial charge in [-0.05, 0) is 31.2 Å². The molecule has 5 nitrogen and oxygen atoms in total. The second-order valence-electron chi connectivity index (χ2n) is 6.67. The third-order valence-electron chi connectivity index (χ3n) is 4.91.